The van der Waals surface area contributed by atoms with Gasteiger partial charge in [-0.1, -0.05) is 0 Å². The molecule has 0 radical (unpaired) electrons. The van der Waals surface area contributed by atoms with Gasteiger partial charge in [0, 0.05) is 38.1 Å². The lowest BCUT2D eigenvalue weighted by Crippen LogP contribution is -2.16. The van der Waals surface area contributed by atoms with Crippen LogP contribution in [0.25, 0.3) is 5.82 Å². The summed E-state index contributed by atoms with van der Waals surface area (Å²) in [6, 6.07) is 7.07. The van der Waals surface area contributed by atoms with Crippen LogP contribution in [0.5, 0.6) is 11.5 Å². The molecule has 0 fully saturated rings. The Kier molecular flexibility index (Phi) is 4.33. The number of anilines is 2. The number of nitrogens with one attached hydrogen (secondary N) is 1. The van der Waals surface area contributed by atoms with Crippen molar-refractivity contribution >= 4 is 17.4 Å². The molecule has 138 valence electrons. The van der Waals surface area contributed by atoms with Gasteiger partial charge < -0.3 is 19.7 Å². The molecule has 0 aliphatic carbocycles. The Balaban J connectivity index is 1.51. The molecular weight excluding hydrogens is 348 g/mol. The molecule has 9 nitrogen and oxygen atoms in total. The average molecular weight is 366 g/mol. The molecule has 1 aliphatic rings. The number of rotatable bonds is 4. The van der Waals surface area contributed by atoms with Gasteiger partial charge >= 0.3 is 0 Å². The van der Waals surface area contributed by atoms with E-state index in [2.05, 4.69) is 20.3 Å². The minimum atomic E-state index is -0.327. The number of aromatic nitrogens is 4. The molecule has 0 bridgehead atoms. The third-order valence-corrected chi connectivity index (χ3v) is 3.98. The predicted molar refractivity (Wildman–Crippen MR) is 98.9 cm³/mol. The van der Waals surface area contributed by atoms with Crippen LogP contribution in [0.3, 0.4) is 0 Å². The van der Waals surface area contributed by atoms with Crippen molar-refractivity contribution in [3.05, 3.63) is 48.8 Å². The van der Waals surface area contributed by atoms with Crippen LogP contribution < -0.4 is 19.7 Å². The van der Waals surface area contributed by atoms with Crippen molar-refractivity contribution in [1.29, 1.82) is 0 Å². The number of benzene rings is 1. The molecule has 1 N–H and O–H groups in total. The molecule has 0 saturated carbocycles. The Hall–Kier alpha value is -3.62. The molecule has 0 atom stereocenters. The fourth-order valence-electron chi connectivity index (χ4n) is 2.60. The Morgan fingerprint density at radius 3 is 2.74 bits per heavy atom. The van der Waals surface area contributed by atoms with Gasteiger partial charge in [0.1, 0.15) is 43.2 Å². The lowest BCUT2D eigenvalue weighted by Gasteiger charge is -2.18. The zero-order valence-corrected chi connectivity index (χ0v) is 14.9. The topological polar surface area (TPSA) is 94.4 Å². The van der Waals surface area contributed by atoms with Crippen LogP contribution >= 0.6 is 0 Å². The number of carbonyl (C=O) groups excluding carboxylic acids is 1. The molecule has 9 heteroatoms. The van der Waals surface area contributed by atoms with Gasteiger partial charge in [0.2, 0.25) is 0 Å². The number of carbonyl (C=O) groups is 1. The molecule has 0 unspecified atom stereocenters. The summed E-state index contributed by atoms with van der Waals surface area (Å²) in [5.41, 5.74) is 0.880. The highest BCUT2D eigenvalue weighted by molar-refractivity contribution is 6.02. The van der Waals surface area contributed by atoms with Crippen molar-refractivity contribution in [2.75, 3.05) is 37.5 Å². The molecule has 3 aromatic rings. The number of nitrogens with zero attached hydrogens (tertiary/aromatic N) is 5. The van der Waals surface area contributed by atoms with Gasteiger partial charge in [-0.3, -0.25) is 9.36 Å². The summed E-state index contributed by atoms with van der Waals surface area (Å²) < 4.78 is 12.7. The predicted octanol–water partition coefficient (Wildman–Crippen LogP) is 1.75. The normalized spacial score (nSPS) is 12.5. The Bertz CT molecular complexity index is 985. The third-order valence-electron chi connectivity index (χ3n) is 3.98. The number of amides is 1. The molecule has 0 saturated heterocycles. The van der Waals surface area contributed by atoms with E-state index in [1.54, 1.807) is 35.3 Å². The molecule has 1 amide bonds. The first-order chi connectivity index (χ1) is 13.1. The first kappa shape index (κ1) is 16.8. The lowest BCUT2D eigenvalue weighted by molar-refractivity contribution is 0.102. The summed E-state index contributed by atoms with van der Waals surface area (Å²) in [4.78, 5) is 26.9. The van der Waals surface area contributed by atoms with E-state index in [1.165, 1.54) is 6.33 Å². The monoisotopic (exact) mass is 366 g/mol. The van der Waals surface area contributed by atoms with Gasteiger partial charge in [0.15, 0.2) is 11.5 Å². The minimum absolute atomic E-state index is 0.273. The fourth-order valence-corrected chi connectivity index (χ4v) is 2.60. The van der Waals surface area contributed by atoms with E-state index in [4.69, 9.17) is 9.47 Å². The maximum Gasteiger partial charge on any atom is 0.275 e. The van der Waals surface area contributed by atoms with Crippen LogP contribution in [-0.4, -0.2) is 52.7 Å². The lowest BCUT2D eigenvalue weighted by atomic mass is 10.2. The molecule has 1 aromatic carbocycles. The van der Waals surface area contributed by atoms with Gasteiger partial charge in [-0.2, -0.15) is 0 Å². The van der Waals surface area contributed by atoms with Gasteiger partial charge in [-0.25, -0.2) is 15.0 Å². The second-order valence-electron chi connectivity index (χ2n) is 6.11. The highest BCUT2D eigenvalue weighted by atomic mass is 16.6. The summed E-state index contributed by atoms with van der Waals surface area (Å²) in [6.45, 7) is 1.01. The zero-order valence-electron chi connectivity index (χ0n) is 14.9. The molecule has 27 heavy (non-hydrogen) atoms. The summed E-state index contributed by atoms with van der Waals surface area (Å²) in [6.07, 6.45) is 4.63. The Labute approximate surface area is 155 Å². The van der Waals surface area contributed by atoms with Gasteiger partial charge in [-0.05, 0) is 12.1 Å². The Morgan fingerprint density at radius 1 is 1.11 bits per heavy atom. The van der Waals surface area contributed by atoms with Crippen molar-refractivity contribution in [2.45, 2.75) is 0 Å². The van der Waals surface area contributed by atoms with Crippen LogP contribution in [0.15, 0.2) is 43.1 Å². The smallest absolute Gasteiger partial charge is 0.275 e. The van der Waals surface area contributed by atoms with E-state index < -0.39 is 0 Å². The van der Waals surface area contributed by atoms with E-state index in [-0.39, 0.29) is 11.6 Å². The van der Waals surface area contributed by atoms with Gasteiger partial charge in [0.25, 0.3) is 5.91 Å². The third kappa shape index (κ3) is 3.52. The van der Waals surface area contributed by atoms with Crippen LogP contribution in [0.1, 0.15) is 10.5 Å². The maximum atomic E-state index is 12.5. The van der Waals surface area contributed by atoms with E-state index >= 15 is 0 Å². The molecule has 0 spiro atoms. The highest BCUT2D eigenvalue weighted by Gasteiger charge is 2.15. The molecule has 1 aliphatic heterocycles. The SMILES string of the molecule is CN(C)c1cc(-n2cnc(C(=O)Nc3ccc4c(c3)OCCO4)c2)ncn1. The second kappa shape index (κ2) is 6.94. The first-order valence-corrected chi connectivity index (χ1v) is 8.35. The number of ether oxygens (including phenoxy) is 2. The van der Waals surface area contributed by atoms with Crippen LogP contribution in [0.2, 0.25) is 0 Å². The largest absolute Gasteiger partial charge is 0.486 e. The maximum absolute atomic E-state index is 12.5. The first-order valence-electron chi connectivity index (χ1n) is 8.35. The van der Waals surface area contributed by atoms with Crippen molar-refractivity contribution in [2.24, 2.45) is 0 Å². The minimum Gasteiger partial charge on any atom is -0.486 e. The number of imidazole rings is 1. The van der Waals surface area contributed by atoms with Crippen molar-refractivity contribution in [1.82, 2.24) is 19.5 Å². The average Bonchev–Trinajstić information content (AvgIpc) is 3.18. The standard InChI is InChI=1S/C18H18N6O3/c1-23(2)16-8-17(20-10-19-16)24-9-13(21-11-24)18(25)22-12-3-4-14-15(7-12)27-6-5-26-14/h3-4,7-11H,5-6H2,1-2H3,(H,22,25). The van der Waals surface area contributed by atoms with Crippen molar-refractivity contribution in [3.63, 3.8) is 0 Å². The van der Waals surface area contributed by atoms with Gasteiger partial charge in [0.05, 0.1) is 0 Å². The second-order valence-corrected chi connectivity index (χ2v) is 6.11. The summed E-state index contributed by atoms with van der Waals surface area (Å²) >= 11 is 0. The number of fused-ring (bicyclic) bond motifs is 1. The number of hydrogen-bond acceptors (Lipinski definition) is 7. The number of hydrogen-bond donors (Lipinski definition) is 1. The van der Waals surface area contributed by atoms with Crippen LogP contribution in [0.4, 0.5) is 11.5 Å². The van der Waals surface area contributed by atoms with E-state index in [0.717, 1.165) is 5.82 Å². The summed E-state index contributed by atoms with van der Waals surface area (Å²) in [5.74, 6) is 2.34. The van der Waals surface area contributed by atoms with Crippen molar-refractivity contribution in [3.8, 4) is 17.3 Å². The molecule has 4 rings (SSSR count). The molecule has 3 heterocycles. The highest BCUT2D eigenvalue weighted by Crippen LogP contribution is 2.32. The quantitative estimate of drug-likeness (QED) is 0.752. The fraction of sp³-hybridized carbons (Fsp3) is 0.222. The summed E-state index contributed by atoms with van der Waals surface area (Å²) in [7, 11) is 3.79. The summed E-state index contributed by atoms with van der Waals surface area (Å²) in [5, 5.41) is 2.81. The molecular formula is C18H18N6O3. The van der Waals surface area contributed by atoms with Crippen LogP contribution in [0, 0.1) is 0 Å². The van der Waals surface area contributed by atoms with E-state index in [0.29, 0.717) is 36.2 Å². The zero-order chi connectivity index (χ0) is 18.8. The van der Waals surface area contributed by atoms with Gasteiger partial charge in [-0.15, -0.1) is 0 Å². The molecule has 2 aromatic heterocycles. The van der Waals surface area contributed by atoms with E-state index in [1.807, 2.05) is 25.1 Å². The van der Waals surface area contributed by atoms with E-state index in [9.17, 15) is 4.79 Å². The Morgan fingerprint density at radius 2 is 1.93 bits per heavy atom. The van der Waals surface area contributed by atoms with Crippen LogP contribution in [-0.2, 0) is 0 Å². The van der Waals surface area contributed by atoms with Crippen molar-refractivity contribution < 1.29 is 14.3 Å².